The standard InChI is InChI=1S/C22H27N5OS/c1-6-27-19(17-11-13-23-14-12-17)25-26-21(27)29-22(4,5)20(28)24-18-9-7-16(8-10-18)15(2)3/h7-15H,6H2,1-5H3,(H,24,28). The van der Waals surface area contributed by atoms with Gasteiger partial charge in [0.05, 0.1) is 4.75 Å². The smallest absolute Gasteiger partial charge is 0.240 e. The summed E-state index contributed by atoms with van der Waals surface area (Å²) in [5.74, 6) is 1.16. The average molecular weight is 410 g/mol. The number of benzene rings is 1. The summed E-state index contributed by atoms with van der Waals surface area (Å²) >= 11 is 1.41. The number of rotatable bonds is 7. The Bertz CT molecular complexity index is 965. The van der Waals surface area contributed by atoms with Crippen molar-refractivity contribution in [2.24, 2.45) is 0 Å². The molecule has 2 heterocycles. The van der Waals surface area contributed by atoms with E-state index < -0.39 is 4.75 Å². The lowest BCUT2D eigenvalue weighted by Crippen LogP contribution is -2.34. The SMILES string of the molecule is CCn1c(SC(C)(C)C(=O)Nc2ccc(C(C)C)cc2)nnc1-c1ccncc1. The van der Waals surface area contributed by atoms with E-state index in [-0.39, 0.29) is 5.91 Å². The molecule has 7 heteroatoms. The van der Waals surface area contributed by atoms with Gasteiger partial charge in [-0.2, -0.15) is 0 Å². The molecule has 152 valence electrons. The zero-order chi connectivity index (χ0) is 21.0. The Labute approximate surface area is 176 Å². The van der Waals surface area contributed by atoms with Gasteiger partial charge in [-0.15, -0.1) is 10.2 Å². The topological polar surface area (TPSA) is 72.7 Å². The van der Waals surface area contributed by atoms with Crippen LogP contribution in [0.25, 0.3) is 11.4 Å². The van der Waals surface area contributed by atoms with Crippen molar-refractivity contribution in [3.05, 3.63) is 54.4 Å². The number of aromatic nitrogens is 4. The highest BCUT2D eigenvalue weighted by molar-refractivity contribution is 8.01. The molecular formula is C22H27N5OS. The summed E-state index contributed by atoms with van der Waals surface area (Å²) in [5, 5.41) is 12.4. The van der Waals surface area contributed by atoms with E-state index in [1.165, 1.54) is 17.3 Å². The molecule has 0 spiro atoms. The van der Waals surface area contributed by atoms with Crippen LogP contribution in [0, 0.1) is 0 Å². The van der Waals surface area contributed by atoms with Crippen LogP contribution in [0.4, 0.5) is 5.69 Å². The highest BCUT2D eigenvalue weighted by Crippen LogP contribution is 2.34. The van der Waals surface area contributed by atoms with Crippen LogP contribution in [0.1, 0.15) is 46.1 Å². The fourth-order valence-corrected chi connectivity index (χ4v) is 3.88. The number of anilines is 1. The van der Waals surface area contributed by atoms with Gasteiger partial charge < -0.3 is 9.88 Å². The minimum absolute atomic E-state index is 0.0732. The highest BCUT2D eigenvalue weighted by Gasteiger charge is 2.32. The molecular weight excluding hydrogens is 382 g/mol. The maximum absolute atomic E-state index is 12.9. The van der Waals surface area contributed by atoms with Gasteiger partial charge in [0.1, 0.15) is 0 Å². The van der Waals surface area contributed by atoms with Crippen LogP contribution in [0.15, 0.2) is 53.9 Å². The van der Waals surface area contributed by atoms with Gasteiger partial charge in [0.25, 0.3) is 0 Å². The monoisotopic (exact) mass is 409 g/mol. The number of nitrogens with one attached hydrogen (secondary N) is 1. The summed E-state index contributed by atoms with van der Waals surface area (Å²) in [6.07, 6.45) is 3.47. The first kappa shape index (κ1) is 21.0. The summed E-state index contributed by atoms with van der Waals surface area (Å²) in [7, 11) is 0. The largest absolute Gasteiger partial charge is 0.325 e. The van der Waals surface area contributed by atoms with Crippen molar-refractivity contribution in [1.29, 1.82) is 0 Å². The Morgan fingerprint density at radius 3 is 2.34 bits per heavy atom. The Hall–Kier alpha value is -2.67. The van der Waals surface area contributed by atoms with E-state index in [0.29, 0.717) is 12.5 Å². The summed E-state index contributed by atoms with van der Waals surface area (Å²) in [6.45, 7) is 10.9. The van der Waals surface area contributed by atoms with Gasteiger partial charge in [-0.3, -0.25) is 9.78 Å². The predicted octanol–water partition coefficient (Wildman–Crippen LogP) is 4.99. The first-order chi connectivity index (χ1) is 13.8. The summed E-state index contributed by atoms with van der Waals surface area (Å²) in [4.78, 5) is 17.0. The van der Waals surface area contributed by atoms with Crippen LogP contribution in [0.5, 0.6) is 0 Å². The highest BCUT2D eigenvalue weighted by atomic mass is 32.2. The molecule has 0 bridgehead atoms. The zero-order valence-electron chi connectivity index (χ0n) is 17.5. The van der Waals surface area contributed by atoms with Gasteiger partial charge in [-0.25, -0.2) is 0 Å². The zero-order valence-corrected chi connectivity index (χ0v) is 18.3. The molecule has 0 saturated carbocycles. The molecule has 0 aliphatic carbocycles. The molecule has 3 rings (SSSR count). The number of carbonyl (C=O) groups is 1. The molecule has 2 aromatic heterocycles. The van der Waals surface area contributed by atoms with E-state index in [9.17, 15) is 4.79 Å². The van der Waals surface area contributed by atoms with Crippen LogP contribution in [0.2, 0.25) is 0 Å². The van der Waals surface area contributed by atoms with E-state index in [0.717, 1.165) is 22.2 Å². The van der Waals surface area contributed by atoms with Crippen LogP contribution in [-0.4, -0.2) is 30.4 Å². The average Bonchev–Trinajstić information content (AvgIpc) is 3.10. The first-order valence-electron chi connectivity index (χ1n) is 9.76. The molecule has 0 atom stereocenters. The molecule has 0 unspecified atom stereocenters. The molecule has 3 aromatic rings. The lowest BCUT2D eigenvalue weighted by molar-refractivity contribution is -0.117. The molecule has 0 saturated heterocycles. The van der Waals surface area contributed by atoms with E-state index >= 15 is 0 Å². The quantitative estimate of drug-likeness (QED) is 0.556. The maximum atomic E-state index is 12.9. The molecule has 1 N–H and O–H groups in total. The van der Waals surface area contributed by atoms with Gasteiger partial charge in [0.2, 0.25) is 5.91 Å². The Balaban J connectivity index is 1.76. The molecule has 0 radical (unpaired) electrons. The molecule has 0 fully saturated rings. The normalized spacial score (nSPS) is 11.7. The number of amides is 1. The molecule has 6 nitrogen and oxygen atoms in total. The second-order valence-corrected chi connectivity index (χ2v) is 9.22. The number of carbonyl (C=O) groups excluding carboxylic acids is 1. The van der Waals surface area contributed by atoms with Gasteiger partial charge in [-0.1, -0.05) is 37.7 Å². The van der Waals surface area contributed by atoms with Gasteiger partial charge in [-0.05, 0) is 56.5 Å². The van der Waals surface area contributed by atoms with Crippen molar-refractivity contribution >= 4 is 23.4 Å². The van der Waals surface area contributed by atoms with E-state index in [4.69, 9.17) is 0 Å². The predicted molar refractivity (Wildman–Crippen MR) is 118 cm³/mol. The second-order valence-electron chi connectivity index (χ2n) is 7.63. The van der Waals surface area contributed by atoms with Crippen molar-refractivity contribution in [1.82, 2.24) is 19.7 Å². The third-order valence-electron chi connectivity index (χ3n) is 4.70. The van der Waals surface area contributed by atoms with Crippen LogP contribution in [0.3, 0.4) is 0 Å². The van der Waals surface area contributed by atoms with Gasteiger partial charge >= 0.3 is 0 Å². The fraction of sp³-hybridized carbons (Fsp3) is 0.364. The molecule has 29 heavy (non-hydrogen) atoms. The van der Waals surface area contributed by atoms with Gasteiger partial charge in [0.15, 0.2) is 11.0 Å². The fourth-order valence-electron chi connectivity index (χ4n) is 2.87. The van der Waals surface area contributed by atoms with Crippen molar-refractivity contribution in [2.75, 3.05) is 5.32 Å². The second kappa shape index (κ2) is 8.78. The summed E-state index contributed by atoms with van der Waals surface area (Å²) in [5.41, 5.74) is 2.99. The van der Waals surface area contributed by atoms with Gasteiger partial charge in [0, 0.05) is 30.2 Å². The molecule has 0 aliphatic rings. The number of hydrogen-bond donors (Lipinski definition) is 1. The van der Waals surface area contributed by atoms with Crippen LogP contribution >= 0.6 is 11.8 Å². The third kappa shape index (κ3) is 4.85. The van der Waals surface area contributed by atoms with Crippen molar-refractivity contribution in [3.8, 4) is 11.4 Å². The van der Waals surface area contributed by atoms with Crippen LogP contribution in [-0.2, 0) is 11.3 Å². The molecule has 0 aliphatic heterocycles. The van der Waals surface area contributed by atoms with Crippen molar-refractivity contribution < 1.29 is 4.79 Å². The lowest BCUT2D eigenvalue weighted by Gasteiger charge is -2.23. The number of pyridine rings is 1. The summed E-state index contributed by atoms with van der Waals surface area (Å²) in [6, 6.07) is 11.8. The van der Waals surface area contributed by atoms with Crippen molar-refractivity contribution in [2.45, 2.75) is 57.0 Å². The van der Waals surface area contributed by atoms with Crippen molar-refractivity contribution in [3.63, 3.8) is 0 Å². The molecule has 1 amide bonds. The van der Waals surface area contributed by atoms with E-state index in [1.54, 1.807) is 12.4 Å². The maximum Gasteiger partial charge on any atom is 0.240 e. The first-order valence-corrected chi connectivity index (χ1v) is 10.6. The minimum atomic E-state index is -0.716. The Kier molecular flexibility index (Phi) is 6.37. The Morgan fingerprint density at radius 1 is 1.10 bits per heavy atom. The lowest BCUT2D eigenvalue weighted by atomic mass is 10.0. The van der Waals surface area contributed by atoms with Crippen LogP contribution < -0.4 is 5.32 Å². The molecule has 1 aromatic carbocycles. The Morgan fingerprint density at radius 2 is 1.76 bits per heavy atom. The minimum Gasteiger partial charge on any atom is -0.325 e. The number of thioether (sulfide) groups is 1. The third-order valence-corrected chi connectivity index (χ3v) is 5.88. The van der Waals surface area contributed by atoms with E-state index in [1.807, 2.05) is 49.6 Å². The summed E-state index contributed by atoms with van der Waals surface area (Å²) < 4.78 is 1.30. The van der Waals surface area contributed by atoms with E-state index in [2.05, 4.69) is 46.5 Å². The number of nitrogens with zero attached hydrogens (tertiary/aromatic N) is 4. The number of hydrogen-bond acceptors (Lipinski definition) is 5.